The van der Waals surface area contributed by atoms with Gasteiger partial charge in [-0.05, 0) is 293 Å². The molecule has 0 heterocycles. The number of hydrogen-bond donors (Lipinski definition) is 1. The monoisotopic (exact) mass is 1260 g/mol. The largest absolute Gasteiger partial charge is 0.396 e. The molecule has 0 saturated heterocycles. The van der Waals surface area contributed by atoms with Crippen molar-refractivity contribution in [2.24, 2.45) is 17.8 Å². The predicted octanol–water partition coefficient (Wildman–Crippen LogP) is 25.6. The first kappa shape index (κ1) is 64.1. The highest BCUT2D eigenvalue weighted by molar-refractivity contribution is 5.94. The summed E-state index contributed by atoms with van der Waals surface area (Å²) < 4.78 is 0. The van der Waals surface area contributed by atoms with Crippen LogP contribution in [0.1, 0.15) is 181 Å². The summed E-state index contributed by atoms with van der Waals surface area (Å²) in [6.45, 7) is 39.8. The molecule has 0 aliphatic heterocycles. The Morgan fingerprint density at radius 1 is 0.309 bits per heavy atom. The molecular formula is C96H96O. The summed E-state index contributed by atoms with van der Waals surface area (Å²) in [4.78, 5) is 0. The zero-order chi connectivity index (χ0) is 67.5. The van der Waals surface area contributed by atoms with Gasteiger partial charge in [-0.25, -0.2) is 0 Å². The Morgan fingerprint density at radius 3 is 0.845 bits per heavy atom. The summed E-state index contributed by atoms with van der Waals surface area (Å²) in [5.41, 5.74) is 36.3. The molecule has 1 nitrogen and oxygen atoms in total. The maximum absolute atomic E-state index is 10.7. The Kier molecular flexibility index (Phi) is 16.1. The minimum atomic E-state index is -0.524. The Bertz CT molecular complexity index is 4870. The summed E-state index contributed by atoms with van der Waals surface area (Å²) in [5.74, 6) is 1.64. The van der Waals surface area contributed by atoms with Gasteiger partial charge in [0.1, 0.15) is 0 Å². The number of aliphatic hydroxyl groups excluding tert-OH is 1. The Balaban J connectivity index is 0.779. The third-order valence-electron chi connectivity index (χ3n) is 24.6. The van der Waals surface area contributed by atoms with Crippen LogP contribution in [0, 0.1) is 24.7 Å². The molecule has 10 aromatic rings. The van der Waals surface area contributed by atoms with Crippen LogP contribution in [0.3, 0.4) is 0 Å². The molecule has 0 fully saturated rings. The maximum atomic E-state index is 10.7. The van der Waals surface area contributed by atoms with Gasteiger partial charge in [0.25, 0.3) is 0 Å². The van der Waals surface area contributed by atoms with Gasteiger partial charge in [-0.2, -0.15) is 0 Å². The van der Waals surface area contributed by atoms with Crippen molar-refractivity contribution >= 4 is 0 Å². The summed E-state index contributed by atoms with van der Waals surface area (Å²) in [6, 6.07) is 73.9. The second-order valence-electron chi connectivity index (χ2n) is 30.8. The van der Waals surface area contributed by atoms with Crippen molar-refractivity contribution in [3.63, 3.8) is 0 Å². The maximum Gasteiger partial charge on any atom is 0.0431 e. The molecule has 0 spiro atoms. The van der Waals surface area contributed by atoms with E-state index in [1.54, 1.807) is 0 Å². The van der Waals surface area contributed by atoms with Gasteiger partial charge in [0.2, 0.25) is 0 Å². The fraction of sp³-hybridized carbons (Fsp3) is 0.292. The van der Waals surface area contributed by atoms with E-state index >= 15 is 0 Å². The summed E-state index contributed by atoms with van der Waals surface area (Å²) in [5, 5.41) is 10.7. The van der Waals surface area contributed by atoms with Crippen molar-refractivity contribution < 1.29 is 5.11 Å². The van der Waals surface area contributed by atoms with Crippen LogP contribution in [0.4, 0.5) is 0 Å². The molecule has 1 N–H and O–H groups in total. The first-order chi connectivity index (χ1) is 47.0. The number of hydrogen-bond acceptors (Lipinski definition) is 1. The molecule has 4 unspecified atom stereocenters. The van der Waals surface area contributed by atoms with E-state index in [9.17, 15) is 5.11 Å². The molecule has 5 aliphatic rings. The number of aryl methyl sites for hydroxylation is 1. The molecule has 97 heavy (non-hydrogen) atoms. The van der Waals surface area contributed by atoms with E-state index in [1.807, 2.05) is 0 Å². The molecule has 4 atom stereocenters. The van der Waals surface area contributed by atoms with Crippen LogP contribution in [-0.4, -0.2) is 11.7 Å². The van der Waals surface area contributed by atoms with Crippen LogP contribution in [0.25, 0.3) is 100 Å². The molecule has 486 valence electrons. The molecule has 10 aromatic carbocycles. The fourth-order valence-electron chi connectivity index (χ4n) is 19.1. The Morgan fingerprint density at radius 2 is 0.557 bits per heavy atom. The zero-order valence-electron chi connectivity index (χ0n) is 59.0. The van der Waals surface area contributed by atoms with Crippen molar-refractivity contribution in [2.75, 3.05) is 6.61 Å². The highest BCUT2D eigenvalue weighted by Gasteiger charge is 2.47. The van der Waals surface area contributed by atoms with E-state index in [0.29, 0.717) is 24.2 Å². The number of benzene rings is 10. The van der Waals surface area contributed by atoms with Gasteiger partial charge in [0.15, 0.2) is 0 Å². The second-order valence-corrected chi connectivity index (χ2v) is 30.8. The number of fused-ring (bicyclic) bond motifs is 15. The average molecular weight is 1270 g/mol. The van der Waals surface area contributed by atoms with Crippen molar-refractivity contribution in [1.29, 1.82) is 0 Å². The smallest absolute Gasteiger partial charge is 0.0431 e. The lowest BCUT2D eigenvalue weighted by atomic mass is 9.72. The Hall–Kier alpha value is -8.88. The van der Waals surface area contributed by atoms with Crippen molar-refractivity contribution in [2.45, 2.75) is 154 Å². The van der Waals surface area contributed by atoms with E-state index in [1.165, 1.54) is 161 Å². The molecule has 0 aromatic heterocycles. The van der Waals surface area contributed by atoms with E-state index in [4.69, 9.17) is 13.2 Å². The molecular weight excluding hydrogens is 1170 g/mol. The second kappa shape index (κ2) is 24.3. The Labute approximate surface area is 579 Å². The van der Waals surface area contributed by atoms with Crippen LogP contribution in [0.2, 0.25) is 0 Å². The van der Waals surface area contributed by atoms with Crippen LogP contribution >= 0.6 is 0 Å². The first-order valence-electron chi connectivity index (χ1n) is 36.5. The summed E-state index contributed by atoms with van der Waals surface area (Å²) >= 11 is 0. The van der Waals surface area contributed by atoms with Crippen LogP contribution in [-0.2, 0) is 27.1 Å². The van der Waals surface area contributed by atoms with Gasteiger partial charge in [0, 0.05) is 33.7 Å². The molecule has 1 heteroatoms. The van der Waals surface area contributed by atoms with Crippen LogP contribution in [0.15, 0.2) is 239 Å². The summed E-state index contributed by atoms with van der Waals surface area (Å²) in [7, 11) is 0. The standard InChI is InChI=1S/C96H96O/c1-14-92(15-2)83-51-63(13)25-34-73(83)75-36-27-64(52-84(75)92)68-30-39-78-79-40-31-69(57-89(79)95(18-5,88(78)56-68)48-44-61(9)10)65-28-37-76-77-38-29-66(54-86(77)93(16-3,46-22-50-97)85(76)53-65)70-32-41-80-81-42-33-71(59-91(81)96(19-6,90(80)58-70)49-45-62(11)12)67-26-35-74-72-23-20-21-24-82(72)94(17-4,87(74)55-67)47-43-60(7)8/h16-21,23-42,51-62,97H,3-6,14-15,22,43-50H2,1-2,7-13H3. The third-order valence-corrected chi connectivity index (χ3v) is 24.6. The van der Waals surface area contributed by atoms with E-state index in [-0.39, 0.29) is 28.3 Å². The normalized spacial score (nSPS) is 19.8. The molecule has 15 rings (SSSR count). The lowest BCUT2D eigenvalue weighted by Gasteiger charge is -2.31. The highest BCUT2D eigenvalue weighted by atomic mass is 16.3. The predicted molar refractivity (Wildman–Crippen MR) is 414 cm³/mol. The topological polar surface area (TPSA) is 20.2 Å². The van der Waals surface area contributed by atoms with Crippen molar-refractivity contribution in [3.05, 3.63) is 300 Å². The third kappa shape index (κ3) is 9.62. The van der Waals surface area contributed by atoms with Gasteiger partial charge in [-0.3, -0.25) is 0 Å². The molecule has 0 radical (unpaired) electrons. The van der Waals surface area contributed by atoms with Gasteiger partial charge < -0.3 is 5.11 Å². The van der Waals surface area contributed by atoms with Gasteiger partial charge in [0.05, 0.1) is 0 Å². The van der Waals surface area contributed by atoms with Crippen LogP contribution < -0.4 is 0 Å². The zero-order valence-corrected chi connectivity index (χ0v) is 59.0. The molecule has 5 aliphatic carbocycles. The molecule has 0 amide bonds. The van der Waals surface area contributed by atoms with E-state index in [2.05, 4.69) is 288 Å². The van der Waals surface area contributed by atoms with Gasteiger partial charge in [-0.1, -0.05) is 225 Å². The SMILES string of the molecule is C=CC1(CCCO)c2cc(-c3ccc4c(c3)C(C=C)(CCC(C)C)c3cc(-c5ccc6c(c5)C(C=C)(CCC(C)C)c5ccccc5-6)ccc3-4)ccc2-c2ccc(-c3ccc4c(c3)C(C=C)(CCC(C)C)c3cc(-c5ccc6c(c5)C(CC)(CC)c5cc(C)ccc5-6)ccc3-4)cc21. The minimum Gasteiger partial charge on any atom is -0.396 e. The lowest BCUT2D eigenvalue weighted by molar-refractivity contribution is 0.276. The highest BCUT2D eigenvalue weighted by Crippen LogP contribution is 2.61. The van der Waals surface area contributed by atoms with Crippen LogP contribution in [0.5, 0.6) is 0 Å². The van der Waals surface area contributed by atoms with Gasteiger partial charge in [-0.15, -0.1) is 26.3 Å². The minimum absolute atomic E-state index is 0.00393. The van der Waals surface area contributed by atoms with E-state index in [0.717, 1.165) is 57.8 Å². The average Bonchev–Trinajstić information content (AvgIpc) is 1.58. The van der Waals surface area contributed by atoms with Gasteiger partial charge >= 0.3 is 0 Å². The number of aliphatic hydroxyl groups is 1. The molecule has 0 saturated carbocycles. The van der Waals surface area contributed by atoms with E-state index < -0.39 is 5.41 Å². The number of rotatable bonds is 22. The first-order valence-corrected chi connectivity index (χ1v) is 36.5. The lowest BCUT2D eigenvalue weighted by Crippen LogP contribution is -2.23. The fourth-order valence-corrected chi connectivity index (χ4v) is 19.1. The number of allylic oxidation sites excluding steroid dienone is 4. The quantitative estimate of drug-likeness (QED) is 0.0671. The van der Waals surface area contributed by atoms with Crippen molar-refractivity contribution in [1.82, 2.24) is 0 Å². The van der Waals surface area contributed by atoms with Crippen molar-refractivity contribution in [3.8, 4) is 100 Å². The summed E-state index contributed by atoms with van der Waals surface area (Å²) in [6.07, 6.45) is 18.7. The molecule has 0 bridgehead atoms.